The van der Waals surface area contributed by atoms with Gasteiger partial charge in [0.15, 0.2) is 11.0 Å². The van der Waals surface area contributed by atoms with Crippen LogP contribution in [0.15, 0.2) is 5.16 Å². The van der Waals surface area contributed by atoms with Crippen molar-refractivity contribution >= 4 is 11.8 Å². The Kier molecular flexibility index (Phi) is 4.49. The summed E-state index contributed by atoms with van der Waals surface area (Å²) in [5.41, 5.74) is 5.73. The molecule has 9 heteroatoms. The molecule has 114 valence electrons. The van der Waals surface area contributed by atoms with Gasteiger partial charge in [0.25, 0.3) is 0 Å². The molecule has 1 fully saturated rings. The van der Waals surface area contributed by atoms with E-state index in [1.165, 1.54) is 12.8 Å². The molecule has 0 aromatic carbocycles. The lowest BCUT2D eigenvalue weighted by molar-refractivity contribution is 0.540. The molecule has 3 rings (SSSR count). The highest BCUT2D eigenvalue weighted by molar-refractivity contribution is 7.98. The Hall–Kier alpha value is -1.48. The molecule has 21 heavy (non-hydrogen) atoms. The maximum atomic E-state index is 5.73. The number of rotatable bonds is 8. The summed E-state index contributed by atoms with van der Waals surface area (Å²) in [4.78, 5) is 0. The van der Waals surface area contributed by atoms with E-state index in [0.29, 0.717) is 18.3 Å². The van der Waals surface area contributed by atoms with Gasteiger partial charge in [-0.15, -0.1) is 15.3 Å². The van der Waals surface area contributed by atoms with Gasteiger partial charge in [-0.3, -0.25) is 0 Å². The third-order valence-corrected chi connectivity index (χ3v) is 4.43. The number of aromatic nitrogens is 7. The van der Waals surface area contributed by atoms with Gasteiger partial charge >= 0.3 is 0 Å². The number of tetrazole rings is 1. The molecule has 0 saturated heterocycles. The first-order chi connectivity index (χ1) is 10.3. The molecule has 0 bridgehead atoms. The second-order valence-corrected chi connectivity index (χ2v) is 6.11. The van der Waals surface area contributed by atoms with Crippen molar-refractivity contribution in [3.63, 3.8) is 0 Å². The standard InChI is InChI=1S/C12H20N8S/c1-2-3-6-19-11(15-17-18-19)8-21-12-16-14-10(7-13)20(12)9-4-5-9/h9H,2-8,13H2,1H3. The molecule has 0 spiro atoms. The molecular weight excluding hydrogens is 288 g/mol. The minimum absolute atomic E-state index is 0.429. The summed E-state index contributed by atoms with van der Waals surface area (Å²) < 4.78 is 4.04. The van der Waals surface area contributed by atoms with E-state index < -0.39 is 0 Å². The van der Waals surface area contributed by atoms with E-state index >= 15 is 0 Å². The average molecular weight is 308 g/mol. The van der Waals surface area contributed by atoms with Crippen LogP contribution in [0.1, 0.15) is 50.3 Å². The lowest BCUT2D eigenvalue weighted by Gasteiger charge is -2.07. The molecule has 0 aliphatic heterocycles. The zero-order valence-corrected chi connectivity index (χ0v) is 13.0. The van der Waals surface area contributed by atoms with Crippen molar-refractivity contribution in [1.29, 1.82) is 0 Å². The van der Waals surface area contributed by atoms with Gasteiger partial charge in [0.1, 0.15) is 5.82 Å². The van der Waals surface area contributed by atoms with Crippen molar-refractivity contribution in [2.24, 2.45) is 5.73 Å². The summed E-state index contributed by atoms with van der Waals surface area (Å²) >= 11 is 1.63. The van der Waals surface area contributed by atoms with Crippen molar-refractivity contribution < 1.29 is 0 Å². The number of aryl methyl sites for hydroxylation is 1. The van der Waals surface area contributed by atoms with E-state index in [1.807, 2.05) is 4.68 Å². The number of nitrogens with two attached hydrogens (primary N) is 1. The first-order valence-corrected chi connectivity index (χ1v) is 8.33. The third-order valence-electron chi connectivity index (χ3n) is 3.49. The molecule has 2 aromatic heterocycles. The third kappa shape index (κ3) is 3.24. The van der Waals surface area contributed by atoms with Crippen LogP contribution in [-0.2, 0) is 18.8 Å². The fraction of sp³-hybridized carbons (Fsp3) is 0.750. The Balaban J connectivity index is 1.68. The monoisotopic (exact) mass is 308 g/mol. The molecule has 1 aliphatic rings. The van der Waals surface area contributed by atoms with Crippen LogP contribution in [0.3, 0.4) is 0 Å². The molecule has 0 unspecified atom stereocenters. The molecule has 2 N–H and O–H groups in total. The topological polar surface area (TPSA) is 100 Å². The van der Waals surface area contributed by atoms with Crippen LogP contribution in [-0.4, -0.2) is 35.0 Å². The Morgan fingerprint density at radius 1 is 1.24 bits per heavy atom. The molecular formula is C12H20N8S. The summed E-state index contributed by atoms with van der Waals surface area (Å²) in [6, 6.07) is 0.525. The van der Waals surface area contributed by atoms with E-state index in [-0.39, 0.29) is 0 Å². The van der Waals surface area contributed by atoms with Crippen LogP contribution < -0.4 is 5.73 Å². The summed E-state index contributed by atoms with van der Waals surface area (Å²) in [6.07, 6.45) is 4.58. The van der Waals surface area contributed by atoms with Crippen molar-refractivity contribution in [3.05, 3.63) is 11.6 Å². The summed E-state index contributed by atoms with van der Waals surface area (Å²) in [7, 11) is 0. The van der Waals surface area contributed by atoms with Gasteiger partial charge in [0, 0.05) is 12.6 Å². The normalized spacial score (nSPS) is 14.8. The first kappa shape index (κ1) is 14.5. The van der Waals surface area contributed by atoms with Gasteiger partial charge in [-0.1, -0.05) is 25.1 Å². The SMILES string of the molecule is CCCCn1nnnc1CSc1nnc(CN)n1C1CC1. The van der Waals surface area contributed by atoms with Gasteiger partial charge < -0.3 is 10.3 Å². The van der Waals surface area contributed by atoms with E-state index in [9.17, 15) is 0 Å². The zero-order chi connectivity index (χ0) is 14.7. The van der Waals surface area contributed by atoms with Gasteiger partial charge in [-0.05, 0) is 29.7 Å². The second kappa shape index (κ2) is 6.52. The minimum Gasteiger partial charge on any atom is -0.324 e. The zero-order valence-electron chi connectivity index (χ0n) is 12.1. The van der Waals surface area contributed by atoms with Crippen molar-refractivity contribution in [1.82, 2.24) is 35.0 Å². The average Bonchev–Trinajstić information content (AvgIpc) is 3.10. The fourth-order valence-corrected chi connectivity index (χ4v) is 3.14. The van der Waals surface area contributed by atoms with Crippen LogP contribution >= 0.6 is 11.8 Å². The Morgan fingerprint density at radius 2 is 2.10 bits per heavy atom. The van der Waals surface area contributed by atoms with Gasteiger partial charge in [-0.25, -0.2) is 4.68 Å². The first-order valence-electron chi connectivity index (χ1n) is 7.35. The molecule has 1 saturated carbocycles. The minimum atomic E-state index is 0.429. The predicted octanol–water partition coefficient (Wildman–Crippen LogP) is 1.15. The lowest BCUT2D eigenvalue weighted by Crippen LogP contribution is -2.08. The number of nitrogens with zero attached hydrogens (tertiary/aromatic N) is 7. The highest BCUT2D eigenvalue weighted by Gasteiger charge is 2.29. The molecule has 2 aromatic rings. The van der Waals surface area contributed by atoms with Gasteiger partial charge in [0.2, 0.25) is 0 Å². The van der Waals surface area contributed by atoms with Crippen LogP contribution in [0.5, 0.6) is 0 Å². The van der Waals surface area contributed by atoms with Crippen LogP contribution in [0.25, 0.3) is 0 Å². The number of hydrogen-bond acceptors (Lipinski definition) is 7. The van der Waals surface area contributed by atoms with Crippen molar-refractivity contribution in [3.8, 4) is 0 Å². The lowest BCUT2D eigenvalue weighted by atomic mass is 10.3. The Bertz CT molecular complexity index is 588. The van der Waals surface area contributed by atoms with Crippen molar-refractivity contribution in [2.75, 3.05) is 0 Å². The van der Waals surface area contributed by atoms with Crippen LogP contribution in [0.2, 0.25) is 0 Å². The number of thioether (sulfide) groups is 1. The quantitative estimate of drug-likeness (QED) is 0.730. The van der Waals surface area contributed by atoms with E-state index in [4.69, 9.17) is 5.73 Å². The highest BCUT2D eigenvalue weighted by Crippen LogP contribution is 2.39. The van der Waals surface area contributed by atoms with E-state index in [2.05, 4.69) is 37.2 Å². The Morgan fingerprint density at radius 3 is 2.81 bits per heavy atom. The molecule has 0 atom stereocenters. The maximum absolute atomic E-state index is 5.73. The van der Waals surface area contributed by atoms with Crippen LogP contribution in [0.4, 0.5) is 0 Å². The smallest absolute Gasteiger partial charge is 0.191 e. The largest absolute Gasteiger partial charge is 0.324 e. The second-order valence-electron chi connectivity index (χ2n) is 5.16. The maximum Gasteiger partial charge on any atom is 0.191 e. The molecule has 0 amide bonds. The van der Waals surface area contributed by atoms with E-state index in [1.54, 1.807) is 11.8 Å². The predicted molar refractivity (Wildman–Crippen MR) is 78.5 cm³/mol. The number of hydrogen-bond donors (Lipinski definition) is 1. The van der Waals surface area contributed by atoms with E-state index in [0.717, 1.165) is 36.2 Å². The Labute approximate surface area is 127 Å². The van der Waals surface area contributed by atoms with Gasteiger partial charge in [0.05, 0.1) is 12.3 Å². The highest BCUT2D eigenvalue weighted by atomic mass is 32.2. The fourth-order valence-electron chi connectivity index (χ4n) is 2.18. The number of unbranched alkanes of at least 4 members (excludes halogenated alkanes) is 1. The summed E-state index contributed by atoms with van der Waals surface area (Å²) in [6.45, 7) is 3.45. The molecule has 2 heterocycles. The molecule has 8 nitrogen and oxygen atoms in total. The molecule has 0 radical (unpaired) electrons. The molecule has 1 aliphatic carbocycles. The van der Waals surface area contributed by atoms with Gasteiger partial charge in [-0.2, -0.15) is 0 Å². The van der Waals surface area contributed by atoms with Crippen molar-refractivity contribution in [2.45, 2.75) is 62.6 Å². The summed E-state index contributed by atoms with van der Waals surface area (Å²) in [5.74, 6) is 2.45. The van der Waals surface area contributed by atoms with Crippen LogP contribution in [0, 0.1) is 0 Å². The summed E-state index contributed by atoms with van der Waals surface area (Å²) in [5, 5.41) is 21.3.